The first-order chi connectivity index (χ1) is 12.5. The number of carboxylic acid groups (broad SMARTS) is 1. The van der Waals surface area contributed by atoms with E-state index in [2.05, 4.69) is 15.3 Å². The number of fused-ring (bicyclic) bond motifs is 1. The van der Waals surface area contributed by atoms with Crippen molar-refractivity contribution in [2.24, 2.45) is 5.16 Å². The molecule has 1 aromatic heterocycles. The molecule has 1 aromatic rings. The fourth-order valence-corrected chi connectivity index (χ4v) is 4.91. The summed E-state index contributed by atoms with van der Waals surface area (Å²) in [4.78, 5) is 43.0. The Morgan fingerprint density at radius 2 is 2.31 bits per heavy atom. The van der Waals surface area contributed by atoms with Gasteiger partial charge in [-0.3, -0.25) is 14.5 Å². The maximum atomic E-state index is 12.5. The number of hydrogen-bond acceptors (Lipinski definition) is 8. The van der Waals surface area contributed by atoms with Gasteiger partial charge in [-0.1, -0.05) is 5.16 Å². The molecule has 0 aromatic carbocycles. The molecule has 138 valence electrons. The number of nitrogens with one attached hydrogen (secondary N) is 1. The van der Waals surface area contributed by atoms with Gasteiger partial charge in [-0.05, 0) is 18.4 Å². The Labute approximate surface area is 156 Å². The van der Waals surface area contributed by atoms with Gasteiger partial charge in [0.15, 0.2) is 5.76 Å². The van der Waals surface area contributed by atoms with Crippen molar-refractivity contribution in [3.63, 3.8) is 0 Å². The van der Waals surface area contributed by atoms with Crippen molar-refractivity contribution in [2.75, 3.05) is 19.1 Å². The van der Waals surface area contributed by atoms with Gasteiger partial charge in [0, 0.05) is 10.7 Å². The molecular formula is C15H15N3O6S2. The van der Waals surface area contributed by atoms with Crippen LogP contribution in [0.25, 0.3) is 0 Å². The Morgan fingerprint density at radius 3 is 2.88 bits per heavy atom. The van der Waals surface area contributed by atoms with Crippen LogP contribution in [-0.2, 0) is 19.2 Å². The zero-order valence-electron chi connectivity index (χ0n) is 13.8. The summed E-state index contributed by atoms with van der Waals surface area (Å²) in [6.45, 7) is 0. The number of rotatable bonds is 6. The van der Waals surface area contributed by atoms with Crippen LogP contribution in [-0.4, -0.2) is 64.0 Å². The largest absolute Gasteiger partial charge is 0.477 e. The molecule has 2 atom stereocenters. The lowest BCUT2D eigenvalue weighted by Gasteiger charge is -2.49. The van der Waals surface area contributed by atoms with Crippen molar-refractivity contribution in [3.05, 3.63) is 34.8 Å². The molecule has 2 amide bonds. The van der Waals surface area contributed by atoms with E-state index in [1.807, 2.05) is 0 Å². The Kier molecular flexibility index (Phi) is 5.28. The van der Waals surface area contributed by atoms with Crippen molar-refractivity contribution in [3.8, 4) is 0 Å². The number of aliphatic carboxylic acids is 1. The first-order valence-electron chi connectivity index (χ1n) is 7.40. The third-order valence-corrected chi connectivity index (χ3v) is 6.11. The molecule has 1 saturated heterocycles. The second kappa shape index (κ2) is 7.46. The lowest BCUT2D eigenvalue weighted by atomic mass is 10.0. The van der Waals surface area contributed by atoms with Gasteiger partial charge in [-0.25, -0.2) is 4.79 Å². The maximum absolute atomic E-state index is 12.5. The predicted molar refractivity (Wildman–Crippen MR) is 95.5 cm³/mol. The molecule has 0 radical (unpaired) electrons. The number of oxime groups is 1. The molecule has 26 heavy (non-hydrogen) atoms. The summed E-state index contributed by atoms with van der Waals surface area (Å²) < 4.78 is 5.15. The number of carbonyl (C=O) groups is 3. The van der Waals surface area contributed by atoms with Crippen LogP contribution >= 0.6 is 23.5 Å². The van der Waals surface area contributed by atoms with Crippen LogP contribution in [0.15, 0.2) is 38.6 Å². The van der Waals surface area contributed by atoms with Gasteiger partial charge in [-0.2, -0.15) is 0 Å². The van der Waals surface area contributed by atoms with Crippen molar-refractivity contribution in [1.82, 2.24) is 10.2 Å². The lowest BCUT2D eigenvalue weighted by molar-refractivity contribution is -0.150. The third-order valence-electron chi connectivity index (χ3n) is 3.82. The Morgan fingerprint density at radius 1 is 1.54 bits per heavy atom. The molecule has 3 heterocycles. The molecule has 2 aliphatic heterocycles. The van der Waals surface area contributed by atoms with E-state index >= 15 is 0 Å². The number of nitrogens with zero attached hydrogens (tertiary/aromatic N) is 2. The minimum absolute atomic E-state index is 0.0198. The molecule has 0 saturated carbocycles. The summed E-state index contributed by atoms with van der Waals surface area (Å²) in [5.41, 5.74) is -0.128. The van der Waals surface area contributed by atoms with Crippen molar-refractivity contribution in [2.45, 2.75) is 11.4 Å². The molecule has 1 fully saturated rings. The van der Waals surface area contributed by atoms with Crippen LogP contribution in [0.2, 0.25) is 0 Å². The molecule has 2 aliphatic rings. The molecule has 3 rings (SSSR count). The van der Waals surface area contributed by atoms with E-state index in [0.29, 0.717) is 10.7 Å². The van der Waals surface area contributed by atoms with E-state index in [1.165, 1.54) is 47.9 Å². The van der Waals surface area contributed by atoms with E-state index in [9.17, 15) is 19.5 Å². The Hall–Kier alpha value is -2.40. The summed E-state index contributed by atoms with van der Waals surface area (Å²) in [5.74, 6) is -1.62. The molecule has 0 bridgehead atoms. The molecule has 2 N–H and O–H groups in total. The van der Waals surface area contributed by atoms with E-state index < -0.39 is 29.2 Å². The normalized spacial score (nSPS) is 22.6. The van der Waals surface area contributed by atoms with Crippen LogP contribution < -0.4 is 5.32 Å². The van der Waals surface area contributed by atoms with Crippen molar-refractivity contribution >= 4 is 47.0 Å². The lowest BCUT2D eigenvalue weighted by Crippen LogP contribution is -2.71. The third kappa shape index (κ3) is 3.07. The average molecular weight is 397 g/mol. The van der Waals surface area contributed by atoms with Gasteiger partial charge < -0.3 is 19.7 Å². The topological polar surface area (TPSA) is 121 Å². The summed E-state index contributed by atoms with van der Waals surface area (Å²) in [5, 5.41) is 15.2. The second-order valence-electron chi connectivity index (χ2n) is 5.24. The number of carbonyl (C=O) groups excluding carboxylic acids is 2. The van der Waals surface area contributed by atoms with Gasteiger partial charge in [0.2, 0.25) is 5.71 Å². The molecule has 0 aliphatic carbocycles. The zero-order chi connectivity index (χ0) is 18.8. The SMILES string of the molecule is CON=C(C(=O)N[C@@H]1C(=O)N2C(C(=O)O)=C(SC)CS[C@@H]12)c1ccco1. The number of β-lactam (4-membered cyclic amide) rings is 1. The second-order valence-corrected chi connectivity index (χ2v) is 7.25. The van der Waals surface area contributed by atoms with Crippen molar-refractivity contribution in [1.29, 1.82) is 0 Å². The molecule has 0 unspecified atom stereocenters. The van der Waals surface area contributed by atoms with E-state index in [0.717, 1.165) is 0 Å². The smallest absolute Gasteiger partial charge is 0.353 e. The number of hydrogen-bond donors (Lipinski definition) is 2. The predicted octanol–water partition coefficient (Wildman–Crippen LogP) is 0.689. The van der Waals surface area contributed by atoms with Gasteiger partial charge in [0.05, 0.1) is 6.26 Å². The highest BCUT2D eigenvalue weighted by molar-refractivity contribution is 8.05. The van der Waals surface area contributed by atoms with Gasteiger partial charge in [-0.15, -0.1) is 23.5 Å². The highest BCUT2D eigenvalue weighted by atomic mass is 32.2. The van der Waals surface area contributed by atoms with E-state index in [4.69, 9.17) is 4.42 Å². The minimum atomic E-state index is -1.16. The fourth-order valence-electron chi connectivity index (χ4n) is 2.66. The number of furan rings is 1. The number of amides is 2. The van der Waals surface area contributed by atoms with E-state index in [-0.39, 0.29) is 17.2 Å². The van der Waals surface area contributed by atoms with Crippen molar-refractivity contribution < 1.29 is 28.7 Å². The van der Waals surface area contributed by atoms with Crippen LogP contribution in [0.1, 0.15) is 5.76 Å². The summed E-state index contributed by atoms with van der Waals surface area (Å²) in [6.07, 6.45) is 3.15. The fraction of sp³-hybridized carbons (Fsp3) is 0.333. The number of carboxylic acids is 1. The number of thioether (sulfide) groups is 2. The summed E-state index contributed by atoms with van der Waals surface area (Å²) >= 11 is 2.69. The van der Waals surface area contributed by atoms with Crippen LogP contribution in [0.3, 0.4) is 0 Å². The monoisotopic (exact) mass is 397 g/mol. The standard InChI is InChI=1S/C15H15N3O6S2/c1-23-17-9(7-4-3-5-24-7)12(19)16-10-13(20)18-11(15(21)22)8(25-2)6-26-14(10)18/h3-5,10,14H,6H2,1-2H3,(H,16,19)(H,21,22)/t10-,14+/m1/s1. The molecular weight excluding hydrogens is 382 g/mol. The zero-order valence-corrected chi connectivity index (χ0v) is 15.4. The summed E-state index contributed by atoms with van der Waals surface area (Å²) in [7, 11) is 1.29. The Bertz CT molecular complexity index is 804. The van der Waals surface area contributed by atoms with Gasteiger partial charge in [0.1, 0.15) is 24.2 Å². The molecule has 11 heteroatoms. The van der Waals surface area contributed by atoms with Gasteiger partial charge >= 0.3 is 5.97 Å². The first-order valence-corrected chi connectivity index (χ1v) is 9.68. The van der Waals surface area contributed by atoms with Crippen LogP contribution in [0, 0.1) is 0 Å². The summed E-state index contributed by atoms with van der Waals surface area (Å²) in [6, 6.07) is 2.29. The Balaban J connectivity index is 1.78. The highest BCUT2D eigenvalue weighted by Crippen LogP contribution is 2.42. The van der Waals surface area contributed by atoms with E-state index in [1.54, 1.807) is 12.3 Å². The first kappa shape index (κ1) is 18.4. The molecule has 9 nitrogen and oxygen atoms in total. The minimum Gasteiger partial charge on any atom is -0.477 e. The van der Waals surface area contributed by atoms with Crippen LogP contribution in [0.4, 0.5) is 0 Å². The average Bonchev–Trinajstić information content (AvgIpc) is 3.16. The molecule has 0 spiro atoms. The van der Waals surface area contributed by atoms with Crippen LogP contribution in [0.5, 0.6) is 0 Å². The quantitative estimate of drug-likeness (QED) is 0.409. The maximum Gasteiger partial charge on any atom is 0.353 e. The van der Waals surface area contributed by atoms with Gasteiger partial charge in [0.25, 0.3) is 11.8 Å². The highest BCUT2D eigenvalue weighted by Gasteiger charge is 2.54.